The Kier molecular flexibility index (Phi) is 9.10. The predicted octanol–water partition coefficient (Wildman–Crippen LogP) is 4.11. The van der Waals surface area contributed by atoms with Crippen LogP contribution in [0.15, 0.2) is 64.7 Å². The van der Waals surface area contributed by atoms with Crippen LogP contribution in [0.1, 0.15) is 36.6 Å². The maximum Gasteiger partial charge on any atom is 0.191 e. The summed E-state index contributed by atoms with van der Waals surface area (Å²) in [6.45, 7) is 3.29. The second kappa shape index (κ2) is 12.0. The number of nitrogens with one attached hydrogen (secondary N) is 2. The standard InChI is InChI=1S/C23H29FN6O.HI/c1-25-23(27-15-18-7-8-20(19(24)14-18)30-12-9-26-17-30)28-16-21(22-6-5-13-31-22)29-10-3-2-4-11-29;/h5-9,12-14,17,21H,2-4,10-11,15-16H2,1H3,(H2,25,27,28);1H. The number of likely N-dealkylation sites (tertiary alicyclic amines) is 1. The number of aliphatic imine (C=N–C) groups is 1. The van der Waals surface area contributed by atoms with E-state index in [1.807, 2.05) is 18.2 Å². The van der Waals surface area contributed by atoms with Gasteiger partial charge in [0, 0.05) is 32.5 Å². The Bertz CT molecular complexity index is 971. The van der Waals surface area contributed by atoms with Crippen molar-refractivity contribution in [2.24, 2.45) is 4.99 Å². The summed E-state index contributed by atoms with van der Waals surface area (Å²) in [6, 6.07) is 9.31. The number of guanidine groups is 1. The number of hydrogen-bond donors (Lipinski definition) is 2. The summed E-state index contributed by atoms with van der Waals surface area (Å²) < 4.78 is 21.9. The number of halogens is 2. The van der Waals surface area contributed by atoms with Crippen LogP contribution in [-0.4, -0.2) is 47.1 Å². The Morgan fingerprint density at radius 3 is 2.72 bits per heavy atom. The van der Waals surface area contributed by atoms with Gasteiger partial charge in [0.25, 0.3) is 0 Å². The molecule has 4 rings (SSSR count). The van der Waals surface area contributed by atoms with Gasteiger partial charge in [0.2, 0.25) is 0 Å². The number of piperidine rings is 1. The van der Waals surface area contributed by atoms with E-state index in [1.54, 1.807) is 42.7 Å². The van der Waals surface area contributed by atoms with Crippen LogP contribution in [0, 0.1) is 5.82 Å². The van der Waals surface area contributed by atoms with Crippen molar-refractivity contribution in [1.29, 1.82) is 0 Å². The normalized spacial score (nSPS) is 15.8. The summed E-state index contributed by atoms with van der Waals surface area (Å²) in [4.78, 5) is 10.8. The molecule has 1 aliphatic rings. The first-order valence-corrected chi connectivity index (χ1v) is 10.7. The number of imidazole rings is 1. The Morgan fingerprint density at radius 2 is 2.06 bits per heavy atom. The van der Waals surface area contributed by atoms with Gasteiger partial charge in [-0.3, -0.25) is 9.89 Å². The van der Waals surface area contributed by atoms with Gasteiger partial charge in [-0.05, 0) is 55.8 Å². The maximum absolute atomic E-state index is 14.5. The van der Waals surface area contributed by atoms with E-state index >= 15 is 0 Å². The lowest BCUT2D eigenvalue weighted by Gasteiger charge is -2.33. The number of hydrogen-bond acceptors (Lipinski definition) is 4. The molecule has 1 unspecified atom stereocenters. The van der Waals surface area contributed by atoms with Crippen LogP contribution in [0.5, 0.6) is 0 Å². The molecule has 1 saturated heterocycles. The Hall–Kier alpha value is -2.40. The van der Waals surface area contributed by atoms with Gasteiger partial charge in [0.1, 0.15) is 11.6 Å². The molecule has 0 spiro atoms. The first-order chi connectivity index (χ1) is 15.2. The average molecular weight is 552 g/mol. The van der Waals surface area contributed by atoms with Crippen LogP contribution in [0.4, 0.5) is 4.39 Å². The number of benzene rings is 1. The molecular weight excluding hydrogens is 522 g/mol. The summed E-state index contributed by atoms with van der Waals surface area (Å²) in [6.07, 6.45) is 10.4. The zero-order valence-electron chi connectivity index (χ0n) is 18.2. The molecule has 0 bridgehead atoms. The lowest BCUT2D eigenvalue weighted by Crippen LogP contribution is -2.44. The minimum atomic E-state index is -0.289. The average Bonchev–Trinajstić information content (AvgIpc) is 3.51. The van der Waals surface area contributed by atoms with Crippen molar-refractivity contribution >= 4 is 29.9 Å². The van der Waals surface area contributed by atoms with E-state index in [2.05, 4.69) is 25.5 Å². The summed E-state index contributed by atoms with van der Waals surface area (Å²) in [5.74, 6) is 1.35. The Balaban J connectivity index is 0.00000289. The SMILES string of the molecule is CN=C(NCc1ccc(-n2ccnc2)c(F)c1)NCC(c1ccco1)N1CCCCC1.I. The zero-order chi connectivity index (χ0) is 21.5. The molecule has 1 aliphatic heterocycles. The molecule has 0 aliphatic carbocycles. The number of nitrogens with zero attached hydrogens (tertiary/aromatic N) is 4. The summed E-state index contributed by atoms with van der Waals surface area (Å²) in [5.41, 5.74) is 1.31. The monoisotopic (exact) mass is 552 g/mol. The quantitative estimate of drug-likeness (QED) is 0.262. The molecule has 9 heteroatoms. The van der Waals surface area contributed by atoms with E-state index in [1.165, 1.54) is 25.3 Å². The van der Waals surface area contributed by atoms with E-state index in [0.717, 1.165) is 24.4 Å². The molecule has 2 N–H and O–H groups in total. The summed E-state index contributed by atoms with van der Waals surface area (Å²) in [7, 11) is 1.74. The van der Waals surface area contributed by atoms with Crippen molar-refractivity contribution in [3.63, 3.8) is 0 Å². The van der Waals surface area contributed by atoms with Gasteiger partial charge in [0.15, 0.2) is 5.96 Å². The maximum atomic E-state index is 14.5. The minimum Gasteiger partial charge on any atom is -0.468 e. The molecule has 0 saturated carbocycles. The van der Waals surface area contributed by atoms with Crippen molar-refractivity contribution in [2.45, 2.75) is 31.8 Å². The number of rotatable bonds is 7. The van der Waals surface area contributed by atoms with Gasteiger partial charge in [-0.25, -0.2) is 9.37 Å². The molecule has 0 radical (unpaired) electrons. The summed E-state index contributed by atoms with van der Waals surface area (Å²) in [5, 5.41) is 6.68. The Morgan fingerprint density at radius 1 is 1.22 bits per heavy atom. The molecule has 1 fully saturated rings. The fourth-order valence-corrected chi connectivity index (χ4v) is 3.99. The highest BCUT2D eigenvalue weighted by atomic mass is 127. The van der Waals surface area contributed by atoms with Crippen molar-refractivity contribution < 1.29 is 8.81 Å². The van der Waals surface area contributed by atoms with Crippen LogP contribution in [0.3, 0.4) is 0 Å². The molecule has 32 heavy (non-hydrogen) atoms. The van der Waals surface area contributed by atoms with Gasteiger partial charge in [-0.1, -0.05) is 12.5 Å². The van der Waals surface area contributed by atoms with Gasteiger partial charge >= 0.3 is 0 Å². The van der Waals surface area contributed by atoms with Gasteiger partial charge < -0.3 is 19.6 Å². The lowest BCUT2D eigenvalue weighted by molar-refractivity contribution is 0.146. The second-order valence-corrected chi connectivity index (χ2v) is 7.69. The van der Waals surface area contributed by atoms with E-state index in [0.29, 0.717) is 24.7 Å². The van der Waals surface area contributed by atoms with Crippen molar-refractivity contribution in [3.8, 4) is 5.69 Å². The first kappa shape index (κ1) is 24.2. The topological polar surface area (TPSA) is 70.6 Å². The first-order valence-electron chi connectivity index (χ1n) is 10.7. The molecule has 3 aromatic rings. The smallest absolute Gasteiger partial charge is 0.191 e. The van der Waals surface area contributed by atoms with Gasteiger partial charge in [0.05, 0.1) is 24.3 Å². The highest BCUT2D eigenvalue weighted by molar-refractivity contribution is 14.0. The van der Waals surface area contributed by atoms with Crippen LogP contribution in [0.25, 0.3) is 5.69 Å². The second-order valence-electron chi connectivity index (χ2n) is 7.69. The molecule has 172 valence electrons. The summed E-state index contributed by atoms with van der Waals surface area (Å²) >= 11 is 0. The molecule has 2 aromatic heterocycles. The number of aromatic nitrogens is 2. The minimum absolute atomic E-state index is 0. The fourth-order valence-electron chi connectivity index (χ4n) is 3.99. The van der Waals surface area contributed by atoms with Crippen LogP contribution in [0.2, 0.25) is 0 Å². The van der Waals surface area contributed by atoms with E-state index in [4.69, 9.17) is 4.42 Å². The third kappa shape index (κ3) is 6.10. The highest BCUT2D eigenvalue weighted by Gasteiger charge is 2.24. The van der Waals surface area contributed by atoms with E-state index in [9.17, 15) is 4.39 Å². The zero-order valence-corrected chi connectivity index (χ0v) is 20.5. The van der Waals surface area contributed by atoms with E-state index < -0.39 is 0 Å². The number of furan rings is 1. The van der Waals surface area contributed by atoms with Crippen molar-refractivity contribution in [1.82, 2.24) is 25.1 Å². The van der Waals surface area contributed by atoms with Crippen LogP contribution in [-0.2, 0) is 6.54 Å². The molecule has 1 aromatic carbocycles. The van der Waals surface area contributed by atoms with E-state index in [-0.39, 0.29) is 35.8 Å². The Labute approximate surface area is 205 Å². The molecule has 7 nitrogen and oxygen atoms in total. The third-order valence-corrected chi connectivity index (χ3v) is 5.64. The molecule has 0 amide bonds. The van der Waals surface area contributed by atoms with Gasteiger partial charge in [-0.15, -0.1) is 24.0 Å². The van der Waals surface area contributed by atoms with Crippen molar-refractivity contribution in [2.75, 3.05) is 26.7 Å². The molecule has 3 heterocycles. The van der Waals surface area contributed by atoms with Gasteiger partial charge in [-0.2, -0.15) is 0 Å². The highest BCUT2D eigenvalue weighted by Crippen LogP contribution is 2.24. The third-order valence-electron chi connectivity index (χ3n) is 5.64. The predicted molar refractivity (Wildman–Crippen MR) is 134 cm³/mol. The van der Waals surface area contributed by atoms with Crippen molar-refractivity contribution in [3.05, 3.63) is 72.5 Å². The fraction of sp³-hybridized carbons (Fsp3) is 0.391. The molecule has 1 atom stereocenters. The van der Waals surface area contributed by atoms with Crippen LogP contribution >= 0.6 is 24.0 Å². The van der Waals surface area contributed by atoms with Crippen LogP contribution < -0.4 is 10.6 Å². The largest absolute Gasteiger partial charge is 0.468 e. The molecular formula is C23H30FIN6O. The lowest BCUT2D eigenvalue weighted by atomic mass is 10.1.